The number of hydrogen-bond acceptors (Lipinski definition) is 3. The summed E-state index contributed by atoms with van der Waals surface area (Å²) in [6, 6.07) is 25.0. The third kappa shape index (κ3) is 6.93. The highest BCUT2D eigenvalue weighted by molar-refractivity contribution is 7.89. The van der Waals surface area contributed by atoms with E-state index < -0.39 is 31.8 Å². The molecule has 0 saturated carbocycles. The molecule has 0 aliphatic carbocycles. The molecule has 33 heavy (non-hydrogen) atoms. The Morgan fingerprint density at radius 2 is 1.45 bits per heavy atom. The zero-order chi connectivity index (χ0) is 24.1. The van der Waals surface area contributed by atoms with E-state index in [-0.39, 0.29) is 11.3 Å². The van der Waals surface area contributed by atoms with Crippen LogP contribution in [0.1, 0.15) is 49.9 Å². The molecule has 3 aromatic carbocycles. The number of nitrogens with one attached hydrogen (secondary N) is 1. The van der Waals surface area contributed by atoms with Crippen LogP contribution in [0.15, 0.2) is 94.2 Å². The minimum atomic E-state index is -3.79. The molecule has 0 aliphatic heterocycles. The van der Waals surface area contributed by atoms with Gasteiger partial charge in [-0.3, -0.25) is 0 Å². The summed E-state index contributed by atoms with van der Waals surface area (Å²) in [5.74, 6) is 0. The molecule has 3 aromatic rings. The lowest BCUT2D eigenvalue weighted by Crippen LogP contribution is -2.31. The van der Waals surface area contributed by atoms with Crippen molar-refractivity contribution in [2.75, 3.05) is 0 Å². The van der Waals surface area contributed by atoms with Gasteiger partial charge in [-0.1, -0.05) is 78.4 Å². The van der Waals surface area contributed by atoms with Crippen molar-refractivity contribution < 1.29 is 12.6 Å². The van der Waals surface area contributed by atoms with Crippen molar-refractivity contribution in [2.24, 2.45) is 4.40 Å². The molecule has 0 saturated heterocycles. The Labute approximate surface area is 199 Å². The van der Waals surface area contributed by atoms with E-state index in [0.717, 1.165) is 16.7 Å². The van der Waals surface area contributed by atoms with Crippen molar-refractivity contribution >= 4 is 26.7 Å². The van der Waals surface area contributed by atoms with E-state index in [2.05, 4.69) is 9.12 Å². The maximum atomic E-state index is 13.2. The summed E-state index contributed by atoms with van der Waals surface area (Å²) in [5.41, 5.74) is 3.19. The van der Waals surface area contributed by atoms with Gasteiger partial charge in [0.25, 0.3) is 0 Å². The topological polar surface area (TPSA) is 75.6 Å². The first-order valence-corrected chi connectivity index (χ1v) is 13.3. The van der Waals surface area contributed by atoms with Crippen molar-refractivity contribution in [3.8, 4) is 0 Å². The van der Waals surface area contributed by atoms with Crippen molar-refractivity contribution in [1.29, 1.82) is 0 Å². The molecule has 0 aromatic heterocycles. The monoisotopic (exact) mass is 482 g/mol. The molecule has 2 atom stereocenters. The molecular formula is C26H30N2O3S2. The van der Waals surface area contributed by atoms with Gasteiger partial charge in [0.05, 0.1) is 21.4 Å². The summed E-state index contributed by atoms with van der Waals surface area (Å²) < 4.78 is 46.2. The second-order valence-corrected chi connectivity index (χ2v) is 12.5. The number of hydrogen-bond donors (Lipinski definition) is 1. The zero-order valence-corrected chi connectivity index (χ0v) is 21.0. The van der Waals surface area contributed by atoms with Gasteiger partial charge in [0.1, 0.15) is 11.0 Å². The fourth-order valence-electron chi connectivity index (χ4n) is 3.15. The number of nitrogens with zero attached hydrogens (tertiary/aromatic N) is 1. The Morgan fingerprint density at radius 1 is 0.909 bits per heavy atom. The lowest BCUT2D eigenvalue weighted by molar-refractivity contribution is 0.561. The summed E-state index contributed by atoms with van der Waals surface area (Å²) in [6.45, 7) is 7.51. The first-order valence-electron chi connectivity index (χ1n) is 10.8. The summed E-state index contributed by atoms with van der Waals surface area (Å²) >= 11 is 0. The predicted octanol–water partition coefficient (Wildman–Crippen LogP) is 5.36. The van der Waals surface area contributed by atoms with Gasteiger partial charge >= 0.3 is 0 Å². The molecule has 174 valence electrons. The molecule has 0 fully saturated rings. The van der Waals surface area contributed by atoms with Crippen LogP contribution in [-0.4, -0.2) is 23.1 Å². The molecule has 0 bridgehead atoms. The highest BCUT2D eigenvalue weighted by atomic mass is 32.2. The fourth-order valence-corrected chi connectivity index (χ4v) is 5.03. The van der Waals surface area contributed by atoms with Gasteiger partial charge in [0.15, 0.2) is 0 Å². The van der Waals surface area contributed by atoms with Crippen LogP contribution in [-0.2, 0) is 21.0 Å². The summed E-state index contributed by atoms with van der Waals surface area (Å²) in [6.07, 6.45) is 0.251. The first kappa shape index (κ1) is 25.0. The van der Waals surface area contributed by atoms with Crippen molar-refractivity contribution in [1.82, 2.24) is 4.72 Å². The summed E-state index contributed by atoms with van der Waals surface area (Å²) in [7, 11) is -5.28. The average Bonchev–Trinajstić information content (AvgIpc) is 2.78. The van der Waals surface area contributed by atoms with Crippen LogP contribution in [0.3, 0.4) is 0 Å². The van der Waals surface area contributed by atoms with Crippen LogP contribution < -0.4 is 4.72 Å². The molecule has 3 rings (SSSR count). The van der Waals surface area contributed by atoms with E-state index in [0.29, 0.717) is 5.71 Å². The first-order chi connectivity index (χ1) is 15.6. The summed E-state index contributed by atoms with van der Waals surface area (Å²) in [4.78, 5) is 0.200. The van der Waals surface area contributed by atoms with Crippen molar-refractivity contribution in [3.05, 3.63) is 102 Å². The highest BCUT2D eigenvalue weighted by Gasteiger charge is 2.25. The highest BCUT2D eigenvalue weighted by Crippen LogP contribution is 2.25. The van der Waals surface area contributed by atoms with Crippen LogP contribution in [0.5, 0.6) is 0 Å². The molecule has 5 nitrogen and oxygen atoms in total. The lowest BCUT2D eigenvalue weighted by Gasteiger charge is -2.22. The van der Waals surface area contributed by atoms with E-state index in [1.54, 1.807) is 24.3 Å². The molecule has 0 heterocycles. The number of sulfonamides is 1. The lowest BCUT2D eigenvalue weighted by atomic mass is 9.98. The minimum Gasteiger partial charge on any atom is -0.234 e. The van der Waals surface area contributed by atoms with Gasteiger partial charge in [0, 0.05) is 6.42 Å². The maximum absolute atomic E-state index is 13.2. The second kappa shape index (κ2) is 10.5. The van der Waals surface area contributed by atoms with Gasteiger partial charge < -0.3 is 0 Å². The van der Waals surface area contributed by atoms with Gasteiger partial charge in [-0.2, -0.15) is 4.40 Å². The van der Waals surface area contributed by atoms with Gasteiger partial charge in [-0.25, -0.2) is 17.3 Å². The van der Waals surface area contributed by atoms with E-state index in [1.165, 1.54) is 0 Å². The van der Waals surface area contributed by atoms with Crippen LogP contribution >= 0.6 is 0 Å². The fraction of sp³-hybridized carbons (Fsp3) is 0.269. The Hall–Kier alpha value is -2.61. The van der Waals surface area contributed by atoms with Crippen molar-refractivity contribution in [3.63, 3.8) is 0 Å². The van der Waals surface area contributed by atoms with E-state index in [4.69, 9.17) is 0 Å². The van der Waals surface area contributed by atoms with Crippen LogP contribution in [0.4, 0.5) is 0 Å². The van der Waals surface area contributed by atoms with Crippen LogP contribution in [0.2, 0.25) is 0 Å². The summed E-state index contributed by atoms with van der Waals surface area (Å²) in [5, 5.41) is 0. The van der Waals surface area contributed by atoms with Crippen LogP contribution in [0.25, 0.3) is 0 Å². The van der Waals surface area contributed by atoms with Gasteiger partial charge in [0.2, 0.25) is 10.0 Å². The normalized spacial score (nSPS) is 14.6. The molecule has 0 aliphatic rings. The molecule has 1 unspecified atom stereocenters. The smallest absolute Gasteiger partial charge is 0.234 e. The average molecular weight is 483 g/mol. The molecule has 0 radical (unpaired) electrons. The molecule has 0 amide bonds. The number of benzene rings is 3. The molecular weight excluding hydrogens is 452 g/mol. The molecule has 0 spiro atoms. The van der Waals surface area contributed by atoms with E-state index >= 15 is 0 Å². The standard InChI is InChI=1S/C26H30N2O3S2/c1-20-15-17-23(18-16-20)33(30,31)28-25(22-13-9-6-10-14-22)19-24(21-11-7-5-8-12-21)27-32(29)26(2,3)4/h5-18,25,28H,19H2,1-4H3/b27-24-/t25-,32?/m0/s1. The van der Waals surface area contributed by atoms with Gasteiger partial charge in [-0.15, -0.1) is 0 Å². The third-order valence-electron chi connectivity index (χ3n) is 5.05. The minimum absolute atomic E-state index is 0.200. The zero-order valence-electron chi connectivity index (χ0n) is 19.4. The number of rotatable bonds is 8. The second-order valence-electron chi connectivity index (χ2n) is 8.87. The van der Waals surface area contributed by atoms with E-state index in [9.17, 15) is 12.6 Å². The largest absolute Gasteiger partial charge is 0.241 e. The Kier molecular flexibility index (Phi) is 8.00. The quantitative estimate of drug-likeness (QED) is 0.439. The van der Waals surface area contributed by atoms with Gasteiger partial charge in [-0.05, 0) is 51.0 Å². The van der Waals surface area contributed by atoms with E-state index in [1.807, 2.05) is 88.4 Å². The third-order valence-corrected chi connectivity index (χ3v) is 7.97. The van der Waals surface area contributed by atoms with Crippen molar-refractivity contribution in [2.45, 2.75) is 49.8 Å². The molecule has 1 N–H and O–H groups in total. The number of aryl methyl sites for hydroxylation is 1. The predicted molar refractivity (Wildman–Crippen MR) is 136 cm³/mol. The maximum Gasteiger partial charge on any atom is 0.241 e. The Balaban J connectivity index is 2.03. The Bertz CT molecular complexity index is 1220. The van der Waals surface area contributed by atoms with Crippen LogP contribution in [0, 0.1) is 6.92 Å². The molecule has 7 heteroatoms. The SMILES string of the molecule is Cc1ccc(S(=O)(=O)N[C@@H](C/C(=N/S(=O)C(C)(C)C)c2ccccc2)c2ccccc2)cc1. The Morgan fingerprint density at radius 3 is 2.00 bits per heavy atom.